The SMILES string of the molecule is CCC(C)CSCc1cc2c(cc1/C=C/c1ccc(C)cc1)C(C)(C)CCC2(C)C. The lowest BCUT2D eigenvalue weighted by molar-refractivity contribution is 0.331. The van der Waals surface area contributed by atoms with E-state index >= 15 is 0 Å². The van der Waals surface area contributed by atoms with Crippen LogP contribution in [0.4, 0.5) is 0 Å². The molecule has 0 amide bonds. The van der Waals surface area contributed by atoms with Gasteiger partial charge < -0.3 is 0 Å². The second-order valence-corrected chi connectivity index (χ2v) is 11.7. The quantitative estimate of drug-likeness (QED) is 0.403. The summed E-state index contributed by atoms with van der Waals surface area (Å²) in [6.07, 6.45) is 8.42. The van der Waals surface area contributed by atoms with E-state index in [4.69, 9.17) is 0 Å². The van der Waals surface area contributed by atoms with Crippen LogP contribution in [0.1, 0.15) is 94.2 Å². The molecule has 0 nitrogen and oxygen atoms in total. The standard InChI is InChI=1S/C29H40S/c1-8-21(2)19-30-20-25-18-27-26(28(4,5)15-16-29(27,6)7)17-24(25)14-13-23-11-9-22(3)10-12-23/h9-14,17-18,21H,8,15-16,19-20H2,1-7H3/b14-13+. The highest BCUT2D eigenvalue weighted by Gasteiger charge is 2.37. The Morgan fingerprint density at radius 2 is 1.53 bits per heavy atom. The molecule has 1 heteroatoms. The molecule has 0 saturated heterocycles. The van der Waals surface area contributed by atoms with Crippen LogP contribution in [0, 0.1) is 12.8 Å². The molecule has 2 aromatic carbocycles. The summed E-state index contributed by atoms with van der Waals surface area (Å²) in [6.45, 7) is 16.5. The van der Waals surface area contributed by atoms with Crippen molar-refractivity contribution in [3.05, 3.63) is 69.8 Å². The fourth-order valence-corrected chi connectivity index (χ4v) is 5.53. The maximum absolute atomic E-state index is 2.55. The summed E-state index contributed by atoms with van der Waals surface area (Å²) >= 11 is 2.09. The summed E-state index contributed by atoms with van der Waals surface area (Å²) in [5.74, 6) is 3.13. The number of hydrogen-bond acceptors (Lipinski definition) is 1. The molecular weight excluding hydrogens is 380 g/mol. The lowest BCUT2D eigenvalue weighted by Gasteiger charge is -2.42. The minimum absolute atomic E-state index is 0.250. The van der Waals surface area contributed by atoms with Crippen LogP contribution in [0.3, 0.4) is 0 Å². The van der Waals surface area contributed by atoms with Crippen molar-refractivity contribution < 1.29 is 0 Å². The third kappa shape index (κ3) is 5.41. The highest BCUT2D eigenvalue weighted by Crippen LogP contribution is 2.47. The lowest BCUT2D eigenvalue weighted by Crippen LogP contribution is -2.34. The van der Waals surface area contributed by atoms with Crippen LogP contribution in [0.25, 0.3) is 12.2 Å². The van der Waals surface area contributed by atoms with E-state index in [1.807, 2.05) is 0 Å². The maximum Gasteiger partial charge on any atom is 0.0190 e. The Balaban J connectivity index is 2.00. The van der Waals surface area contributed by atoms with Gasteiger partial charge in [0.1, 0.15) is 0 Å². The van der Waals surface area contributed by atoms with E-state index in [0.29, 0.717) is 0 Å². The minimum Gasteiger partial charge on any atom is -0.157 e. The van der Waals surface area contributed by atoms with Crippen molar-refractivity contribution >= 4 is 23.9 Å². The normalized spacial score (nSPS) is 18.4. The zero-order valence-corrected chi connectivity index (χ0v) is 21.0. The van der Waals surface area contributed by atoms with Gasteiger partial charge in [-0.3, -0.25) is 0 Å². The van der Waals surface area contributed by atoms with Gasteiger partial charge in [0.15, 0.2) is 0 Å². The Kier molecular flexibility index (Phi) is 7.23. The van der Waals surface area contributed by atoms with Gasteiger partial charge in [-0.2, -0.15) is 11.8 Å². The number of fused-ring (bicyclic) bond motifs is 1. The number of rotatable bonds is 7. The van der Waals surface area contributed by atoms with E-state index < -0.39 is 0 Å². The second-order valence-electron chi connectivity index (χ2n) is 10.6. The Morgan fingerprint density at radius 3 is 2.13 bits per heavy atom. The molecule has 0 heterocycles. The second kappa shape index (κ2) is 9.35. The van der Waals surface area contributed by atoms with Crippen LogP contribution in [0.15, 0.2) is 36.4 Å². The fraction of sp³-hybridized carbons (Fsp3) is 0.517. The van der Waals surface area contributed by atoms with Gasteiger partial charge in [0.05, 0.1) is 0 Å². The van der Waals surface area contributed by atoms with E-state index in [1.54, 1.807) is 11.1 Å². The van der Waals surface area contributed by atoms with Crippen molar-refractivity contribution in [3.8, 4) is 0 Å². The van der Waals surface area contributed by atoms with Gasteiger partial charge in [-0.05, 0) is 70.1 Å². The molecule has 0 fully saturated rings. The van der Waals surface area contributed by atoms with Gasteiger partial charge in [-0.1, -0.05) is 102 Å². The van der Waals surface area contributed by atoms with Crippen LogP contribution in [-0.4, -0.2) is 5.75 Å². The molecule has 0 saturated carbocycles. The summed E-state index contributed by atoms with van der Waals surface area (Å²) in [5, 5.41) is 0. The predicted octanol–water partition coefficient (Wildman–Crippen LogP) is 8.79. The Morgan fingerprint density at radius 1 is 0.933 bits per heavy atom. The highest BCUT2D eigenvalue weighted by molar-refractivity contribution is 7.98. The van der Waals surface area contributed by atoms with E-state index in [1.165, 1.54) is 47.3 Å². The molecule has 0 radical (unpaired) electrons. The first-order chi connectivity index (χ1) is 14.1. The van der Waals surface area contributed by atoms with Gasteiger partial charge in [-0.25, -0.2) is 0 Å². The Labute approximate surface area is 189 Å². The summed E-state index contributed by atoms with van der Waals surface area (Å²) < 4.78 is 0. The summed E-state index contributed by atoms with van der Waals surface area (Å²) in [5.41, 5.74) is 9.12. The summed E-state index contributed by atoms with van der Waals surface area (Å²) in [7, 11) is 0. The van der Waals surface area contributed by atoms with Gasteiger partial charge in [0, 0.05) is 5.75 Å². The van der Waals surface area contributed by atoms with E-state index in [0.717, 1.165) is 11.7 Å². The molecule has 2 aromatic rings. The van der Waals surface area contributed by atoms with Crippen molar-refractivity contribution in [3.63, 3.8) is 0 Å². The topological polar surface area (TPSA) is 0 Å². The van der Waals surface area contributed by atoms with Gasteiger partial charge >= 0.3 is 0 Å². The molecule has 1 unspecified atom stereocenters. The molecular formula is C29H40S. The van der Waals surface area contributed by atoms with Crippen molar-refractivity contribution in [1.82, 2.24) is 0 Å². The van der Waals surface area contributed by atoms with Crippen molar-refractivity contribution in [1.29, 1.82) is 0 Å². The molecule has 3 rings (SSSR count). The third-order valence-corrected chi connectivity index (χ3v) is 8.32. The number of hydrogen-bond donors (Lipinski definition) is 0. The van der Waals surface area contributed by atoms with Crippen molar-refractivity contribution in [2.45, 2.75) is 84.3 Å². The van der Waals surface area contributed by atoms with Crippen LogP contribution in [0.5, 0.6) is 0 Å². The fourth-order valence-electron chi connectivity index (χ4n) is 4.31. The number of benzene rings is 2. The predicted molar refractivity (Wildman–Crippen MR) is 137 cm³/mol. The number of aryl methyl sites for hydroxylation is 1. The van der Waals surface area contributed by atoms with Crippen molar-refractivity contribution in [2.24, 2.45) is 5.92 Å². The molecule has 1 aliphatic carbocycles. The molecule has 0 spiro atoms. The smallest absolute Gasteiger partial charge is 0.0190 e. The Hall–Kier alpha value is -1.47. The zero-order valence-electron chi connectivity index (χ0n) is 20.1. The summed E-state index contributed by atoms with van der Waals surface area (Å²) in [6, 6.07) is 13.9. The Bertz CT molecular complexity index is 883. The van der Waals surface area contributed by atoms with E-state index in [9.17, 15) is 0 Å². The van der Waals surface area contributed by atoms with Gasteiger partial charge in [0.25, 0.3) is 0 Å². The third-order valence-electron chi connectivity index (χ3n) is 7.00. The molecule has 0 bridgehead atoms. The molecule has 30 heavy (non-hydrogen) atoms. The zero-order chi connectivity index (χ0) is 21.9. The average molecular weight is 421 g/mol. The maximum atomic E-state index is 2.55. The van der Waals surface area contributed by atoms with Gasteiger partial charge in [-0.15, -0.1) is 0 Å². The first-order valence-corrected chi connectivity index (χ1v) is 12.8. The first kappa shape index (κ1) is 23.2. The van der Waals surface area contributed by atoms with Crippen molar-refractivity contribution in [2.75, 3.05) is 5.75 Å². The lowest BCUT2D eigenvalue weighted by atomic mass is 9.62. The average Bonchev–Trinajstić information content (AvgIpc) is 2.71. The van der Waals surface area contributed by atoms with Crippen LogP contribution in [0.2, 0.25) is 0 Å². The minimum atomic E-state index is 0.250. The number of thioether (sulfide) groups is 1. The highest BCUT2D eigenvalue weighted by atomic mass is 32.2. The molecule has 0 aromatic heterocycles. The van der Waals surface area contributed by atoms with Crippen LogP contribution >= 0.6 is 11.8 Å². The van der Waals surface area contributed by atoms with Crippen LogP contribution in [-0.2, 0) is 16.6 Å². The summed E-state index contributed by atoms with van der Waals surface area (Å²) in [4.78, 5) is 0. The molecule has 162 valence electrons. The molecule has 1 atom stereocenters. The molecule has 0 N–H and O–H groups in total. The van der Waals surface area contributed by atoms with E-state index in [2.05, 4.69) is 109 Å². The van der Waals surface area contributed by atoms with Gasteiger partial charge in [0.2, 0.25) is 0 Å². The van der Waals surface area contributed by atoms with Crippen LogP contribution < -0.4 is 0 Å². The molecule has 0 aliphatic heterocycles. The monoisotopic (exact) mass is 420 g/mol. The molecule has 1 aliphatic rings. The largest absolute Gasteiger partial charge is 0.157 e. The van der Waals surface area contributed by atoms with E-state index in [-0.39, 0.29) is 10.8 Å². The first-order valence-electron chi connectivity index (χ1n) is 11.6.